The second-order valence-electron chi connectivity index (χ2n) is 6.46. The minimum absolute atomic E-state index is 0.570. The minimum Gasteiger partial charge on any atom is -0.307 e. The molecule has 3 N–H and O–H groups in total. The van der Waals surface area contributed by atoms with E-state index in [1.54, 1.807) is 0 Å². The van der Waals surface area contributed by atoms with Crippen molar-refractivity contribution in [2.24, 2.45) is 34.9 Å². The SMILES string of the molecule is NNc1cc(C2C3CC4CC5CC2C453)c(Cl)nn1. The first kappa shape index (κ1) is 9.98. The van der Waals surface area contributed by atoms with Crippen molar-refractivity contribution in [2.75, 3.05) is 5.43 Å². The van der Waals surface area contributed by atoms with Crippen LogP contribution in [0.4, 0.5) is 5.82 Å². The molecule has 4 unspecified atom stereocenters. The monoisotopic (exact) mass is 262 g/mol. The number of rotatable bonds is 2. The minimum atomic E-state index is 0.570. The number of nitrogens with zero attached hydrogens (tertiary/aromatic N) is 2. The molecule has 0 aromatic carbocycles. The van der Waals surface area contributed by atoms with Crippen LogP contribution < -0.4 is 11.3 Å². The summed E-state index contributed by atoms with van der Waals surface area (Å²) in [5.74, 6) is 10.5. The smallest absolute Gasteiger partial charge is 0.163 e. The molecule has 4 atom stereocenters. The van der Waals surface area contributed by atoms with Gasteiger partial charge in [-0.15, -0.1) is 10.2 Å². The molecule has 0 radical (unpaired) electrons. The predicted molar refractivity (Wildman–Crippen MR) is 67.8 cm³/mol. The maximum Gasteiger partial charge on any atom is 0.163 e. The van der Waals surface area contributed by atoms with Gasteiger partial charge in [0, 0.05) is 0 Å². The molecule has 0 amide bonds. The van der Waals surface area contributed by atoms with Crippen molar-refractivity contribution in [3.8, 4) is 0 Å². The van der Waals surface area contributed by atoms with Gasteiger partial charge in [-0.1, -0.05) is 11.6 Å². The van der Waals surface area contributed by atoms with Crippen LogP contribution in [0.3, 0.4) is 0 Å². The fourth-order valence-electron chi connectivity index (χ4n) is 5.92. The van der Waals surface area contributed by atoms with Crippen LogP contribution in [-0.2, 0) is 0 Å². The number of hydrogen-bond donors (Lipinski definition) is 2. The van der Waals surface area contributed by atoms with Crippen LogP contribution in [0, 0.1) is 29.1 Å². The zero-order valence-corrected chi connectivity index (χ0v) is 10.7. The third-order valence-corrected chi connectivity index (χ3v) is 6.79. The van der Waals surface area contributed by atoms with Crippen LogP contribution in [0.25, 0.3) is 0 Å². The van der Waals surface area contributed by atoms with Gasteiger partial charge in [-0.2, -0.15) is 0 Å². The van der Waals surface area contributed by atoms with E-state index in [-0.39, 0.29) is 0 Å². The third-order valence-electron chi connectivity index (χ3n) is 6.49. The van der Waals surface area contributed by atoms with Crippen LogP contribution in [-0.4, -0.2) is 10.2 Å². The van der Waals surface area contributed by atoms with Gasteiger partial charge < -0.3 is 5.43 Å². The molecule has 5 rings (SSSR count). The van der Waals surface area contributed by atoms with Crippen molar-refractivity contribution >= 4 is 17.4 Å². The summed E-state index contributed by atoms with van der Waals surface area (Å²) in [6, 6.07) is 1.99. The Morgan fingerprint density at radius 1 is 1.22 bits per heavy atom. The zero-order valence-electron chi connectivity index (χ0n) is 9.94. The first-order chi connectivity index (χ1) is 8.76. The van der Waals surface area contributed by atoms with Crippen LogP contribution in [0.15, 0.2) is 6.07 Å². The summed E-state index contributed by atoms with van der Waals surface area (Å²) in [6.07, 6.45) is 4.31. The van der Waals surface area contributed by atoms with E-state index < -0.39 is 0 Å². The Morgan fingerprint density at radius 2 is 1.94 bits per heavy atom. The quantitative estimate of drug-likeness (QED) is 0.633. The molecule has 1 aromatic rings. The first-order valence-electron chi connectivity index (χ1n) is 6.76. The Hall–Kier alpha value is -0.870. The maximum atomic E-state index is 6.24. The summed E-state index contributed by atoms with van der Waals surface area (Å²) < 4.78 is 0. The fourth-order valence-corrected chi connectivity index (χ4v) is 6.14. The lowest BCUT2D eigenvalue weighted by molar-refractivity contribution is -0.390. The Kier molecular flexibility index (Phi) is 1.57. The topological polar surface area (TPSA) is 63.8 Å². The van der Waals surface area contributed by atoms with Crippen molar-refractivity contribution in [2.45, 2.75) is 25.2 Å². The van der Waals surface area contributed by atoms with Gasteiger partial charge in [0.15, 0.2) is 11.0 Å². The highest BCUT2D eigenvalue weighted by atomic mass is 35.5. The molecular formula is C13H15ClN4. The number of hydrogen-bond acceptors (Lipinski definition) is 4. The lowest BCUT2D eigenvalue weighted by Crippen LogP contribution is -2.82. The van der Waals surface area contributed by atoms with E-state index in [4.69, 9.17) is 17.4 Å². The van der Waals surface area contributed by atoms with Gasteiger partial charge in [0.25, 0.3) is 0 Å². The molecule has 1 aromatic heterocycles. The average molecular weight is 263 g/mol. The number of anilines is 1. The molecule has 4 aliphatic rings. The van der Waals surface area contributed by atoms with Gasteiger partial charge in [0.2, 0.25) is 0 Å². The molecule has 94 valence electrons. The third kappa shape index (κ3) is 0.783. The van der Waals surface area contributed by atoms with E-state index in [0.717, 1.165) is 29.1 Å². The van der Waals surface area contributed by atoms with Gasteiger partial charge in [-0.25, -0.2) is 5.84 Å². The number of hydrazine groups is 1. The molecule has 5 heteroatoms. The Balaban J connectivity index is 1.54. The van der Waals surface area contributed by atoms with Gasteiger partial charge in [0.1, 0.15) is 0 Å². The first-order valence-corrected chi connectivity index (χ1v) is 7.14. The number of nitrogens with one attached hydrogen (secondary N) is 1. The fraction of sp³-hybridized carbons (Fsp3) is 0.692. The molecule has 1 heterocycles. The number of nitrogen functional groups attached to an aromatic ring is 1. The lowest BCUT2D eigenvalue weighted by atomic mass is 9.15. The zero-order chi connectivity index (χ0) is 12.1. The molecule has 4 fully saturated rings. The van der Waals surface area contributed by atoms with E-state index in [1.807, 2.05) is 6.07 Å². The molecule has 1 spiro atoms. The lowest BCUT2D eigenvalue weighted by Gasteiger charge is -2.89. The number of nitrogens with two attached hydrogens (primary N) is 1. The van der Waals surface area contributed by atoms with E-state index in [9.17, 15) is 0 Å². The Bertz CT molecular complexity index is 538. The van der Waals surface area contributed by atoms with Crippen molar-refractivity contribution < 1.29 is 0 Å². The molecule has 18 heavy (non-hydrogen) atoms. The van der Waals surface area contributed by atoms with Gasteiger partial charge >= 0.3 is 0 Å². The summed E-state index contributed by atoms with van der Waals surface area (Å²) in [4.78, 5) is 0. The highest BCUT2D eigenvalue weighted by molar-refractivity contribution is 6.30. The Labute approximate surface area is 110 Å². The summed E-state index contributed by atoms with van der Waals surface area (Å²) in [7, 11) is 0. The van der Waals surface area contributed by atoms with Gasteiger partial charge in [-0.05, 0) is 65.9 Å². The highest BCUT2D eigenvalue weighted by Crippen LogP contribution is 2.91. The molecule has 4 saturated carbocycles. The molecule has 4 nitrogen and oxygen atoms in total. The van der Waals surface area contributed by atoms with Crippen molar-refractivity contribution in [3.05, 3.63) is 16.8 Å². The molecule has 0 aliphatic heterocycles. The average Bonchev–Trinajstić information content (AvgIpc) is 2.28. The summed E-state index contributed by atoms with van der Waals surface area (Å²) >= 11 is 6.24. The standard InChI is InChI=1S/C13H15ClN4/c14-12-7(4-10(16-15)17-18-12)11-8-2-5-1-6-3-9(11)13(5,6)8/h4-6,8-9,11H,1-3,15H2,(H,16,17). The predicted octanol–water partition coefficient (Wildman–Crippen LogP) is 2.18. The van der Waals surface area contributed by atoms with E-state index in [2.05, 4.69) is 15.6 Å². The number of aromatic nitrogens is 2. The molecule has 4 aliphatic carbocycles. The Morgan fingerprint density at radius 3 is 2.56 bits per heavy atom. The van der Waals surface area contributed by atoms with Crippen LogP contribution in [0.2, 0.25) is 5.15 Å². The summed E-state index contributed by atoms with van der Waals surface area (Å²) in [5.41, 5.74) is 4.50. The second kappa shape index (κ2) is 2.83. The largest absolute Gasteiger partial charge is 0.307 e. The summed E-state index contributed by atoms with van der Waals surface area (Å²) in [6.45, 7) is 0. The van der Waals surface area contributed by atoms with Crippen molar-refractivity contribution in [3.63, 3.8) is 0 Å². The molecule has 0 bridgehead atoms. The highest BCUT2D eigenvalue weighted by Gasteiger charge is 2.84. The maximum absolute atomic E-state index is 6.24. The second-order valence-corrected chi connectivity index (χ2v) is 6.82. The van der Waals surface area contributed by atoms with Gasteiger partial charge in [0.05, 0.1) is 0 Å². The number of halogens is 1. The summed E-state index contributed by atoms with van der Waals surface area (Å²) in [5, 5.41) is 8.52. The van der Waals surface area contributed by atoms with Crippen LogP contribution in [0.5, 0.6) is 0 Å². The van der Waals surface area contributed by atoms with E-state index in [0.29, 0.717) is 16.9 Å². The van der Waals surface area contributed by atoms with E-state index in [1.165, 1.54) is 24.8 Å². The van der Waals surface area contributed by atoms with Crippen molar-refractivity contribution in [1.29, 1.82) is 0 Å². The van der Waals surface area contributed by atoms with Crippen LogP contribution in [0.1, 0.15) is 30.7 Å². The van der Waals surface area contributed by atoms with Gasteiger partial charge in [-0.3, -0.25) is 0 Å². The van der Waals surface area contributed by atoms with E-state index >= 15 is 0 Å². The molecule has 0 saturated heterocycles. The van der Waals surface area contributed by atoms with Crippen LogP contribution >= 0.6 is 11.6 Å². The van der Waals surface area contributed by atoms with Crippen molar-refractivity contribution in [1.82, 2.24) is 10.2 Å². The molecular weight excluding hydrogens is 248 g/mol. The normalized spacial score (nSPS) is 49.8.